The minimum Gasteiger partial charge on any atom is -0.475 e. The summed E-state index contributed by atoms with van der Waals surface area (Å²) >= 11 is 0. The van der Waals surface area contributed by atoms with E-state index < -0.39 is 5.97 Å². The largest absolute Gasteiger partial charge is 0.475 e. The molecule has 1 aromatic carbocycles. The summed E-state index contributed by atoms with van der Waals surface area (Å²) in [6.07, 6.45) is 0. The lowest BCUT2D eigenvalue weighted by atomic mass is 9.91. The lowest BCUT2D eigenvalue weighted by molar-refractivity contribution is 0.0659. The van der Waals surface area contributed by atoms with Crippen LogP contribution in [0.1, 0.15) is 37.0 Å². The molecule has 0 aliphatic rings. The third kappa shape index (κ3) is 2.27. The zero-order valence-electron chi connectivity index (χ0n) is 10.6. The van der Waals surface area contributed by atoms with Crippen molar-refractivity contribution in [1.29, 1.82) is 0 Å². The van der Waals surface area contributed by atoms with Gasteiger partial charge in [-0.1, -0.05) is 39.0 Å². The Kier molecular flexibility index (Phi) is 2.95. The van der Waals surface area contributed by atoms with Crippen LogP contribution < -0.4 is 0 Å². The van der Waals surface area contributed by atoms with E-state index in [-0.39, 0.29) is 11.2 Å². The Morgan fingerprint density at radius 1 is 1.22 bits per heavy atom. The highest BCUT2D eigenvalue weighted by molar-refractivity contribution is 5.86. The van der Waals surface area contributed by atoms with Crippen LogP contribution in [0.15, 0.2) is 34.7 Å². The van der Waals surface area contributed by atoms with Crippen molar-refractivity contribution in [3.63, 3.8) is 0 Å². The molecule has 1 aromatic heterocycles. The van der Waals surface area contributed by atoms with Crippen LogP contribution >= 0.6 is 0 Å². The maximum Gasteiger partial charge on any atom is 0.373 e. The number of rotatable bonds is 2. The highest BCUT2D eigenvalue weighted by Crippen LogP contribution is 2.29. The number of nitrogens with zero attached hydrogens (tertiary/aromatic N) is 1. The summed E-state index contributed by atoms with van der Waals surface area (Å²) in [5.41, 5.74) is 0.869. The molecule has 0 saturated carbocycles. The van der Waals surface area contributed by atoms with Crippen LogP contribution in [0.4, 0.5) is 0 Å². The first-order valence-corrected chi connectivity index (χ1v) is 5.69. The first-order valence-electron chi connectivity index (χ1n) is 5.69. The molecule has 1 heterocycles. The standard InChI is InChI=1S/C14H15NO3/c1-14(2,3)11-10(13(16)17)18-12(15-11)9-7-5-4-6-8-9/h4-8H,1-3H3,(H,16,17). The summed E-state index contributed by atoms with van der Waals surface area (Å²) in [7, 11) is 0. The minimum atomic E-state index is -1.09. The number of aromatic carboxylic acids is 1. The Morgan fingerprint density at radius 3 is 2.28 bits per heavy atom. The fourth-order valence-corrected chi connectivity index (χ4v) is 1.68. The molecule has 1 N–H and O–H groups in total. The number of hydrogen-bond acceptors (Lipinski definition) is 3. The average Bonchev–Trinajstić information content (AvgIpc) is 2.74. The number of oxazole rings is 1. The van der Waals surface area contributed by atoms with E-state index in [9.17, 15) is 4.79 Å². The van der Waals surface area contributed by atoms with Gasteiger partial charge in [0.15, 0.2) is 0 Å². The van der Waals surface area contributed by atoms with Crippen LogP contribution in [0.2, 0.25) is 0 Å². The number of aromatic nitrogens is 1. The van der Waals surface area contributed by atoms with E-state index in [1.165, 1.54) is 0 Å². The molecular formula is C14H15NO3. The summed E-state index contributed by atoms with van der Waals surface area (Å²) in [6.45, 7) is 5.73. The number of benzene rings is 1. The van der Waals surface area contributed by atoms with Crippen molar-refractivity contribution in [3.8, 4) is 11.5 Å². The van der Waals surface area contributed by atoms with Crippen molar-refractivity contribution in [2.24, 2.45) is 0 Å². The van der Waals surface area contributed by atoms with Gasteiger partial charge < -0.3 is 9.52 Å². The Labute approximate surface area is 105 Å². The van der Waals surface area contributed by atoms with E-state index in [1.807, 2.05) is 51.1 Å². The van der Waals surface area contributed by atoms with Gasteiger partial charge in [0, 0.05) is 11.0 Å². The van der Waals surface area contributed by atoms with Crippen LogP contribution in [0.3, 0.4) is 0 Å². The monoisotopic (exact) mass is 245 g/mol. The van der Waals surface area contributed by atoms with E-state index in [0.29, 0.717) is 11.6 Å². The fourth-order valence-electron chi connectivity index (χ4n) is 1.68. The molecule has 0 aliphatic heterocycles. The summed E-state index contributed by atoms with van der Waals surface area (Å²) in [5, 5.41) is 9.16. The molecule has 0 unspecified atom stereocenters. The van der Waals surface area contributed by atoms with Gasteiger partial charge >= 0.3 is 5.97 Å². The molecule has 2 rings (SSSR count). The second-order valence-corrected chi connectivity index (χ2v) is 5.12. The highest BCUT2D eigenvalue weighted by atomic mass is 16.4. The van der Waals surface area contributed by atoms with E-state index >= 15 is 0 Å². The fraction of sp³-hybridized carbons (Fsp3) is 0.286. The van der Waals surface area contributed by atoms with Crippen LogP contribution in [0.5, 0.6) is 0 Å². The molecule has 18 heavy (non-hydrogen) atoms. The number of carboxylic acid groups (broad SMARTS) is 1. The summed E-state index contributed by atoms with van der Waals surface area (Å²) in [4.78, 5) is 15.5. The van der Waals surface area contributed by atoms with Gasteiger partial charge in [0.2, 0.25) is 11.7 Å². The number of hydrogen-bond donors (Lipinski definition) is 1. The molecule has 0 amide bonds. The highest BCUT2D eigenvalue weighted by Gasteiger charge is 2.29. The van der Waals surface area contributed by atoms with Crippen molar-refractivity contribution >= 4 is 5.97 Å². The maximum absolute atomic E-state index is 11.2. The van der Waals surface area contributed by atoms with Gasteiger partial charge in [0.05, 0.1) is 0 Å². The zero-order valence-corrected chi connectivity index (χ0v) is 10.6. The Morgan fingerprint density at radius 2 is 1.83 bits per heavy atom. The molecule has 0 atom stereocenters. The second kappa shape index (κ2) is 4.29. The first-order chi connectivity index (χ1) is 8.39. The first kappa shape index (κ1) is 12.4. The Hall–Kier alpha value is -2.10. The van der Waals surface area contributed by atoms with Crippen LogP contribution in [0, 0.1) is 0 Å². The van der Waals surface area contributed by atoms with Crippen molar-refractivity contribution in [2.45, 2.75) is 26.2 Å². The van der Waals surface area contributed by atoms with Gasteiger partial charge in [-0.25, -0.2) is 9.78 Å². The Bertz CT molecular complexity index is 564. The van der Waals surface area contributed by atoms with E-state index in [2.05, 4.69) is 4.98 Å². The van der Waals surface area contributed by atoms with Crippen LogP contribution in [-0.4, -0.2) is 16.1 Å². The predicted octanol–water partition coefficient (Wildman–Crippen LogP) is 3.34. The van der Waals surface area contributed by atoms with Gasteiger partial charge in [0.1, 0.15) is 5.69 Å². The molecule has 0 spiro atoms. The average molecular weight is 245 g/mol. The molecular weight excluding hydrogens is 230 g/mol. The molecule has 2 aromatic rings. The van der Waals surface area contributed by atoms with Crippen molar-refractivity contribution in [1.82, 2.24) is 4.98 Å². The van der Waals surface area contributed by atoms with Crippen LogP contribution in [-0.2, 0) is 5.41 Å². The minimum absolute atomic E-state index is 0.0821. The van der Waals surface area contributed by atoms with Crippen LogP contribution in [0.25, 0.3) is 11.5 Å². The second-order valence-electron chi connectivity index (χ2n) is 5.12. The van der Waals surface area contributed by atoms with Crippen molar-refractivity contribution in [3.05, 3.63) is 41.8 Å². The quantitative estimate of drug-likeness (QED) is 0.881. The topological polar surface area (TPSA) is 63.3 Å². The van der Waals surface area contributed by atoms with Gasteiger partial charge in [-0.3, -0.25) is 0 Å². The zero-order chi connectivity index (χ0) is 13.3. The molecule has 0 fully saturated rings. The molecule has 0 saturated heterocycles. The molecule has 4 nitrogen and oxygen atoms in total. The summed E-state index contributed by atoms with van der Waals surface area (Å²) in [6, 6.07) is 9.27. The van der Waals surface area contributed by atoms with Crippen molar-refractivity contribution < 1.29 is 14.3 Å². The smallest absolute Gasteiger partial charge is 0.373 e. The molecule has 0 aliphatic carbocycles. The SMILES string of the molecule is CC(C)(C)c1nc(-c2ccccc2)oc1C(=O)O. The van der Waals surface area contributed by atoms with Gasteiger partial charge in [-0.2, -0.15) is 0 Å². The van der Waals surface area contributed by atoms with Gasteiger partial charge in [-0.05, 0) is 12.1 Å². The molecule has 94 valence electrons. The van der Waals surface area contributed by atoms with Gasteiger partial charge in [-0.15, -0.1) is 0 Å². The Balaban J connectivity index is 2.57. The van der Waals surface area contributed by atoms with Crippen molar-refractivity contribution in [2.75, 3.05) is 0 Å². The summed E-state index contributed by atoms with van der Waals surface area (Å²) < 4.78 is 5.38. The molecule has 0 radical (unpaired) electrons. The summed E-state index contributed by atoms with van der Waals surface area (Å²) in [5.74, 6) is -0.825. The predicted molar refractivity (Wildman–Crippen MR) is 67.6 cm³/mol. The van der Waals surface area contributed by atoms with Gasteiger partial charge in [0.25, 0.3) is 0 Å². The number of carboxylic acids is 1. The van der Waals surface area contributed by atoms with E-state index in [1.54, 1.807) is 0 Å². The molecule has 4 heteroatoms. The van der Waals surface area contributed by atoms with E-state index in [4.69, 9.17) is 9.52 Å². The van der Waals surface area contributed by atoms with E-state index in [0.717, 1.165) is 5.56 Å². The third-order valence-corrected chi connectivity index (χ3v) is 2.55. The number of carbonyl (C=O) groups is 1. The molecule has 0 bridgehead atoms. The normalized spacial score (nSPS) is 11.5. The maximum atomic E-state index is 11.2. The lowest BCUT2D eigenvalue weighted by Crippen LogP contribution is -2.16. The lowest BCUT2D eigenvalue weighted by Gasteiger charge is -2.14. The third-order valence-electron chi connectivity index (χ3n) is 2.55.